The number of allylic oxidation sites excluding steroid dienone is 16. The fourth-order valence-electron chi connectivity index (χ4n) is 5.96. The summed E-state index contributed by atoms with van der Waals surface area (Å²) < 4.78 is 1.24. The van der Waals surface area contributed by atoms with Crippen molar-refractivity contribution in [3.8, 4) is 0 Å². The molecule has 0 radical (unpaired) electrons. The summed E-state index contributed by atoms with van der Waals surface area (Å²) >= 11 is -0.874. The molecule has 3 heteroatoms. The van der Waals surface area contributed by atoms with Gasteiger partial charge in [-0.25, -0.2) is 0 Å². The zero-order valence-electron chi connectivity index (χ0n) is 21.1. The monoisotopic (exact) mass is 598 g/mol. The molecular weight excluding hydrogens is 571 g/mol. The van der Waals surface area contributed by atoms with E-state index in [2.05, 4.69) is 135 Å². The van der Waals surface area contributed by atoms with Crippen LogP contribution in [0.5, 0.6) is 0 Å². The van der Waals surface area contributed by atoms with Crippen LogP contribution < -0.4 is 24.8 Å². The van der Waals surface area contributed by atoms with Crippen molar-refractivity contribution in [3.05, 3.63) is 166 Å². The maximum Gasteiger partial charge on any atom is -1.00 e. The van der Waals surface area contributed by atoms with Crippen LogP contribution in [0.15, 0.2) is 155 Å². The molecule has 0 fully saturated rings. The SMILES string of the molecule is CC1=CC2=C(C=CC=CC2c2ccccc2)[CH]1[Zr+2][CH]1C(C)=CC2=C1C=CC=CC2c1ccccc1.[Cl-].[Cl-]. The first-order valence-electron chi connectivity index (χ1n) is 12.6. The minimum atomic E-state index is -0.874. The molecule has 0 amide bonds. The summed E-state index contributed by atoms with van der Waals surface area (Å²) in [5.41, 5.74) is 12.1. The molecule has 2 aromatic carbocycles. The van der Waals surface area contributed by atoms with Crippen LogP contribution in [-0.4, -0.2) is 0 Å². The van der Waals surface area contributed by atoms with Gasteiger partial charge in [-0.15, -0.1) is 0 Å². The van der Waals surface area contributed by atoms with Gasteiger partial charge in [0.2, 0.25) is 0 Å². The molecule has 0 bridgehead atoms. The molecule has 4 aliphatic carbocycles. The molecule has 4 unspecified atom stereocenters. The standard InChI is InChI=1S/2C17H15.2ClH.Zr/c2*1-13-11-15-9-5-6-10-16(17(15)12-13)14-7-3-2-4-8-14;;;/h2*2-12,16H,1H3;2*1H;/q;;;;+2/p-2. The molecule has 0 saturated heterocycles. The number of halogens is 2. The fraction of sp³-hybridized carbons (Fsp3) is 0.176. The van der Waals surface area contributed by atoms with Gasteiger partial charge < -0.3 is 24.8 Å². The smallest absolute Gasteiger partial charge is 1.00 e. The average Bonchev–Trinajstić information content (AvgIpc) is 3.15. The van der Waals surface area contributed by atoms with Crippen molar-refractivity contribution in [1.29, 1.82) is 0 Å². The van der Waals surface area contributed by atoms with Crippen molar-refractivity contribution >= 4 is 0 Å². The second kappa shape index (κ2) is 12.1. The van der Waals surface area contributed by atoms with Gasteiger partial charge in [-0.2, -0.15) is 0 Å². The Morgan fingerprint density at radius 1 is 0.514 bits per heavy atom. The number of benzene rings is 2. The van der Waals surface area contributed by atoms with Gasteiger partial charge in [0.15, 0.2) is 0 Å². The predicted octanol–water partition coefficient (Wildman–Crippen LogP) is 2.99. The van der Waals surface area contributed by atoms with Gasteiger partial charge in [0, 0.05) is 0 Å². The normalized spacial score (nSPS) is 25.2. The number of hydrogen-bond donors (Lipinski definition) is 0. The molecule has 0 heterocycles. The van der Waals surface area contributed by atoms with E-state index >= 15 is 0 Å². The van der Waals surface area contributed by atoms with E-state index in [4.69, 9.17) is 0 Å². The second-order valence-corrected chi connectivity index (χ2v) is 13.6. The summed E-state index contributed by atoms with van der Waals surface area (Å²) in [6, 6.07) is 22.0. The van der Waals surface area contributed by atoms with E-state index in [-0.39, 0.29) is 24.8 Å². The van der Waals surface area contributed by atoms with Gasteiger partial charge >= 0.3 is 222 Å². The minimum Gasteiger partial charge on any atom is -1.00 e. The van der Waals surface area contributed by atoms with Crippen LogP contribution in [0.1, 0.15) is 36.8 Å². The van der Waals surface area contributed by atoms with Gasteiger partial charge in [0.1, 0.15) is 0 Å². The Morgan fingerprint density at radius 3 is 1.32 bits per heavy atom. The molecule has 2 aromatic rings. The summed E-state index contributed by atoms with van der Waals surface area (Å²) in [6.45, 7) is 4.75. The quantitative estimate of drug-likeness (QED) is 0.507. The molecule has 0 nitrogen and oxygen atoms in total. The van der Waals surface area contributed by atoms with E-state index in [0.29, 0.717) is 19.1 Å². The van der Waals surface area contributed by atoms with Crippen LogP contribution in [0.3, 0.4) is 0 Å². The molecule has 6 rings (SSSR count). The third-order valence-electron chi connectivity index (χ3n) is 7.67. The Labute approximate surface area is 245 Å². The van der Waals surface area contributed by atoms with Crippen LogP contribution in [0, 0.1) is 0 Å². The van der Waals surface area contributed by atoms with Crippen molar-refractivity contribution in [2.75, 3.05) is 0 Å². The Morgan fingerprint density at radius 2 is 0.919 bits per heavy atom. The second-order valence-electron chi connectivity index (χ2n) is 9.90. The van der Waals surface area contributed by atoms with Crippen molar-refractivity contribution in [2.45, 2.75) is 32.9 Å². The van der Waals surface area contributed by atoms with E-state index in [1.165, 1.54) is 22.3 Å². The Balaban J connectivity index is 0.00000160. The van der Waals surface area contributed by atoms with Crippen LogP contribution in [-0.2, 0) is 23.2 Å². The topological polar surface area (TPSA) is 0 Å². The minimum absolute atomic E-state index is 0. The van der Waals surface area contributed by atoms with E-state index in [1.54, 1.807) is 22.3 Å². The first-order valence-corrected chi connectivity index (χ1v) is 15.4. The van der Waals surface area contributed by atoms with Gasteiger partial charge in [0.05, 0.1) is 0 Å². The summed E-state index contributed by atoms with van der Waals surface area (Å²) in [5.74, 6) is 0.694. The Bertz CT molecular complexity index is 1280. The summed E-state index contributed by atoms with van der Waals surface area (Å²) in [6.07, 6.45) is 23.6. The molecule has 0 aliphatic heterocycles. The molecule has 0 aromatic heterocycles. The van der Waals surface area contributed by atoms with E-state index < -0.39 is 23.2 Å². The molecule has 4 atom stereocenters. The van der Waals surface area contributed by atoms with Crippen LogP contribution >= 0.6 is 0 Å². The predicted molar refractivity (Wildman–Crippen MR) is 144 cm³/mol. The molecule has 0 N–H and O–H groups in total. The van der Waals surface area contributed by atoms with E-state index in [0.717, 1.165) is 0 Å². The molecular formula is C34H30Cl2Zr. The van der Waals surface area contributed by atoms with Crippen LogP contribution in [0.25, 0.3) is 0 Å². The first-order chi connectivity index (χ1) is 17.2. The maximum atomic E-state index is 2.51. The molecule has 0 saturated carbocycles. The number of rotatable bonds is 4. The largest absolute Gasteiger partial charge is 1.00 e. The van der Waals surface area contributed by atoms with Crippen molar-refractivity contribution in [1.82, 2.24) is 0 Å². The van der Waals surface area contributed by atoms with Gasteiger partial charge in [-0.1, -0.05) is 0 Å². The van der Waals surface area contributed by atoms with Gasteiger partial charge in [0.25, 0.3) is 0 Å². The van der Waals surface area contributed by atoms with Crippen LogP contribution in [0.2, 0.25) is 7.25 Å². The fourth-order valence-corrected chi connectivity index (χ4v) is 10.7. The average molecular weight is 601 g/mol. The van der Waals surface area contributed by atoms with E-state index in [1.807, 2.05) is 0 Å². The molecule has 37 heavy (non-hydrogen) atoms. The summed E-state index contributed by atoms with van der Waals surface area (Å²) in [4.78, 5) is 0. The molecule has 0 spiro atoms. The van der Waals surface area contributed by atoms with Gasteiger partial charge in [-0.05, 0) is 0 Å². The molecule has 4 aliphatic rings. The third kappa shape index (κ3) is 5.38. The zero-order valence-corrected chi connectivity index (χ0v) is 25.1. The van der Waals surface area contributed by atoms with Crippen molar-refractivity contribution in [2.24, 2.45) is 0 Å². The van der Waals surface area contributed by atoms with Gasteiger partial charge in [-0.3, -0.25) is 0 Å². The van der Waals surface area contributed by atoms with Crippen LogP contribution in [0.4, 0.5) is 0 Å². The molecule has 184 valence electrons. The summed E-state index contributed by atoms with van der Waals surface area (Å²) in [7, 11) is 0. The first kappa shape index (κ1) is 27.8. The Kier molecular flexibility index (Phi) is 9.12. The third-order valence-corrected chi connectivity index (χ3v) is 13.1. The van der Waals surface area contributed by atoms with Crippen molar-refractivity contribution in [3.63, 3.8) is 0 Å². The van der Waals surface area contributed by atoms with Crippen molar-refractivity contribution < 1.29 is 48.0 Å². The number of hydrogen-bond acceptors (Lipinski definition) is 0. The van der Waals surface area contributed by atoms with E-state index in [9.17, 15) is 0 Å². The summed E-state index contributed by atoms with van der Waals surface area (Å²) in [5, 5.41) is 0. The Hall–Kier alpha value is -2.18. The maximum absolute atomic E-state index is 2.51. The zero-order chi connectivity index (χ0) is 23.8.